The second-order valence-electron chi connectivity index (χ2n) is 5.92. The number of rotatable bonds is 7. The fraction of sp³-hybridized carbons (Fsp3) is 0.150. The minimum absolute atomic E-state index is 0.0178. The lowest BCUT2D eigenvalue weighted by molar-refractivity contribution is -0.383. The van der Waals surface area contributed by atoms with Crippen molar-refractivity contribution < 1.29 is 18.9 Å². The van der Waals surface area contributed by atoms with Gasteiger partial charge >= 0.3 is 0 Å². The summed E-state index contributed by atoms with van der Waals surface area (Å²) in [5, 5.41) is 13.8. The summed E-state index contributed by atoms with van der Waals surface area (Å²) in [4.78, 5) is 22.8. The highest BCUT2D eigenvalue weighted by atomic mass is 35.5. The summed E-state index contributed by atoms with van der Waals surface area (Å²) in [7, 11) is 0. The summed E-state index contributed by atoms with van der Waals surface area (Å²) in [6, 6.07) is 14.8. The molecule has 1 aromatic heterocycles. The minimum Gasteiger partial charge on any atom is -0.486 e. The number of carbonyl (C=O) groups excluding carboxylic acids is 1. The lowest BCUT2D eigenvalue weighted by Gasteiger charge is -2.06. The van der Waals surface area contributed by atoms with Crippen LogP contribution in [0.5, 0.6) is 5.75 Å². The molecule has 0 aliphatic rings. The molecule has 3 rings (SSSR count). The molecule has 3 aromatic rings. The predicted molar refractivity (Wildman–Crippen MR) is 105 cm³/mol. The lowest BCUT2D eigenvalue weighted by atomic mass is 10.2. The molecule has 0 radical (unpaired) electrons. The Kier molecular flexibility index (Phi) is 5.96. The molecule has 7 nitrogen and oxygen atoms in total. The molecule has 0 atom stereocenters. The maximum absolute atomic E-state index is 12.3. The van der Waals surface area contributed by atoms with Crippen LogP contribution < -0.4 is 10.1 Å². The van der Waals surface area contributed by atoms with Gasteiger partial charge in [-0.15, -0.1) is 0 Å². The number of hydrogen-bond acceptors (Lipinski definition) is 5. The SMILES string of the molecule is CCc1ccc(OCc2ccc(C(=O)Nc3ccc(Cl)cc3[N+](=O)[O-])o2)cc1. The van der Waals surface area contributed by atoms with Crippen molar-refractivity contribution in [3.05, 3.63) is 86.8 Å². The maximum Gasteiger partial charge on any atom is 0.294 e. The Balaban J connectivity index is 1.64. The number of nitro groups is 1. The first-order valence-electron chi connectivity index (χ1n) is 8.52. The van der Waals surface area contributed by atoms with E-state index in [1.807, 2.05) is 24.3 Å². The third-order valence-corrected chi connectivity index (χ3v) is 4.24. The highest BCUT2D eigenvalue weighted by Gasteiger charge is 2.19. The van der Waals surface area contributed by atoms with Gasteiger partial charge in [0.1, 0.15) is 23.8 Å². The van der Waals surface area contributed by atoms with E-state index >= 15 is 0 Å². The summed E-state index contributed by atoms with van der Waals surface area (Å²) < 4.78 is 11.1. The van der Waals surface area contributed by atoms with Crippen molar-refractivity contribution in [2.75, 3.05) is 5.32 Å². The molecule has 1 heterocycles. The van der Waals surface area contributed by atoms with Gasteiger partial charge in [0.15, 0.2) is 5.76 Å². The van der Waals surface area contributed by atoms with Gasteiger partial charge in [-0.2, -0.15) is 0 Å². The number of benzene rings is 2. The second kappa shape index (κ2) is 8.58. The zero-order chi connectivity index (χ0) is 20.1. The molecule has 0 spiro atoms. The maximum atomic E-state index is 12.3. The van der Waals surface area contributed by atoms with Gasteiger partial charge in [-0.25, -0.2) is 0 Å². The number of nitrogens with zero attached hydrogens (tertiary/aromatic N) is 1. The number of anilines is 1. The van der Waals surface area contributed by atoms with E-state index < -0.39 is 10.8 Å². The van der Waals surface area contributed by atoms with Crippen molar-refractivity contribution in [3.63, 3.8) is 0 Å². The molecule has 8 heteroatoms. The van der Waals surface area contributed by atoms with Crippen molar-refractivity contribution >= 4 is 28.9 Å². The molecule has 0 fully saturated rings. The third kappa shape index (κ3) is 4.69. The van der Waals surface area contributed by atoms with Gasteiger partial charge in [0, 0.05) is 11.1 Å². The van der Waals surface area contributed by atoms with Crippen LogP contribution in [0.1, 0.15) is 28.8 Å². The number of ether oxygens (including phenoxy) is 1. The van der Waals surface area contributed by atoms with Crippen LogP contribution in [0.3, 0.4) is 0 Å². The Bertz CT molecular complexity index is 998. The lowest BCUT2D eigenvalue weighted by Crippen LogP contribution is -2.12. The van der Waals surface area contributed by atoms with Crippen LogP contribution in [-0.4, -0.2) is 10.8 Å². The fourth-order valence-corrected chi connectivity index (χ4v) is 2.67. The topological polar surface area (TPSA) is 94.6 Å². The predicted octanol–water partition coefficient (Wildman–Crippen LogP) is 5.23. The Morgan fingerprint density at radius 3 is 2.61 bits per heavy atom. The molecule has 1 amide bonds. The second-order valence-corrected chi connectivity index (χ2v) is 6.36. The zero-order valence-electron chi connectivity index (χ0n) is 15.0. The van der Waals surface area contributed by atoms with Crippen LogP contribution in [-0.2, 0) is 13.0 Å². The number of furan rings is 1. The number of halogens is 1. The molecule has 2 aromatic carbocycles. The molecule has 0 bridgehead atoms. The van der Waals surface area contributed by atoms with Crippen molar-refractivity contribution in [2.24, 2.45) is 0 Å². The van der Waals surface area contributed by atoms with E-state index in [9.17, 15) is 14.9 Å². The Labute approximate surface area is 166 Å². The first-order chi connectivity index (χ1) is 13.5. The highest BCUT2D eigenvalue weighted by molar-refractivity contribution is 6.31. The van der Waals surface area contributed by atoms with E-state index in [2.05, 4.69) is 12.2 Å². The van der Waals surface area contributed by atoms with Gasteiger partial charge in [-0.05, 0) is 48.4 Å². The molecular weight excluding hydrogens is 384 g/mol. The van der Waals surface area contributed by atoms with E-state index in [-0.39, 0.29) is 28.8 Å². The smallest absolute Gasteiger partial charge is 0.294 e. The van der Waals surface area contributed by atoms with Crippen molar-refractivity contribution in [3.8, 4) is 5.75 Å². The first-order valence-corrected chi connectivity index (χ1v) is 8.90. The first kappa shape index (κ1) is 19.4. The van der Waals surface area contributed by atoms with Crippen molar-refractivity contribution in [1.29, 1.82) is 0 Å². The molecule has 0 saturated carbocycles. The summed E-state index contributed by atoms with van der Waals surface area (Å²) in [6.07, 6.45) is 0.947. The summed E-state index contributed by atoms with van der Waals surface area (Å²) in [5.41, 5.74) is 0.941. The van der Waals surface area contributed by atoms with Crippen molar-refractivity contribution in [2.45, 2.75) is 20.0 Å². The average Bonchev–Trinajstić information content (AvgIpc) is 3.17. The molecule has 28 heavy (non-hydrogen) atoms. The normalized spacial score (nSPS) is 10.5. The van der Waals surface area contributed by atoms with Gasteiger partial charge in [0.2, 0.25) is 0 Å². The van der Waals surface area contributed by atoms with Crippen molar-refractivity contribution in [1.82, 2.24) is 0 Å². The van der Waals surface area contributed by atoms with Gasteiger partial charge < -0.3 is 14.5 Å². The van der Waals surface area contributed by atoms with Crippen LogP contribution in [0.4, 0.5) is 11.4 Å². The van der Waals surface area contributed by atoms with E-state index in [4.69, 9.17) is 20.8 Å². The van der Waals surface area contributed by atoms with Gasteiger partial charge in [-0.3, -0.25) is 14.9 Å². The number of aryl methyl sites for hydroxylation is 1. The number of amides is 1. The summed E-state index contributed by atoms with van der Waals surface area (Å²) >= 11 is 5.77. The molecule has 0 saturated heterocycles. The Morgan fingerprint density at radius 1 is 1.18 bits per heavy atom. The molecule has 144 valence electrons. The largest absolute Gasteiger partial charge is 0.486 e. The number of carbonyl (C=O) groups is 1. The summed E-state index contributed by atoms with van der Waals surface area (Å²) in [6.45, 7) is 2.23. The van der Waals surface area contributed by atoms with Crippen LogP contribution in [0, 0.1) is 10.1 Å². The summed E-state index contributed by atoms with van der Waals surface area (Å²) in [5.74, 6) is 0.555. The number of nitro benzene ring substituents is 1. The highest BCUT2D eigenvalue weighted by Crippen LogP contribution is 2.28. The molecule has 1 N–H and O–H groups in total. The van der Waals surface area contributed by atoms with E-state index in [0.717, 1.165) is 6.42 Å². The average molecular weight is 401 g/mol. The zero-order valence-corrected chi connectivity index (χ0v) is 15.7. The van der Waals surface area contributed by atoms with E-state index in [1.54, 1.807) is 6.07 Å². The van der Waals surface area contributed by atoms with Gasteiger partial charge in [0.05, 0.1) is 4.92 Å². The standard InChI is InChI=1S/C20H17ClN2O5/c1-2-13-3-6-15(7-4-13)27-12-16-8-10-19(28-16)20(24)22-17-9-5-14(21)11-18(17)23(25)26/h3-11H,2,12H2,1H3,(H,22,24). The monoisotopic (exact) mass is 400 g/mol. The third-order valence-electron chi connectivity index (χ3n) is 4.00. The van der Waals surface area contributed by atoms with Crippen LogP contribution in [0.25, 0.3) is 0 Å². The van der Waals surface area contributed by atoms with E-state index in [0.29, 0.717) is 11.5 Å². The quantitative estimate of drug-likeness (QED) is 0.432. The minimum atomic E-state index is -0.618. The van der Waals surface area contributed by atoms with Crippen LogP contribution >= 0.6 is 11.6 Å². The molecular formula is C20H17ClN2O5. The van der Waals surface area contributed by atoms with Crippen LogP contribution in [0.15, 0.2) is 59.0 Å². The van der Waals surface area contributed by atoms with E-state index in [1.165, 1.54) is 29.8 Å². The fourth-order valence-electron chi connectivity index (χ4n) is 2.50. The van der Waals surface area contributed by atoms with Crippen LogP contribution in [0.2, 0.25) is 5.02 Å². The molecule has 0 aliphatic heterocycles. The number of hydrogen-bond donors (Lipinski definition) is 1. The molecule has 0 unspecified atom stereocenters. The number of nitrogens with one attached hydrogen (secondary N) is 1. The Morgan fingerprint density at radius 2 is 1.93 bits per heavy atom. The molecule has 0 aliphatic carbocycles. The Hall–Kier alpha value is -3.32. The van der Waals surface area contributed by atoms with Gasteiger partial charge in [0.25, 0.3) is 11.6 Å². The van der Waals surface area contributed by atoms with Gasteiger partial charge in [-0.1, -0.05) is 30.7 Å².